The number of rotatable bonds is 9. The van der Waals surface area contributed by atoms with E-state index in [9.17, 15) is 4.79 Å². The van der Waals surface area contributed by atoms with Gasteiger partial charge in [0.15, 0.2) is 12.6 Å². The van der Waals surface area contributed by atoms with Crippen molar-refractivity contribution in [3.63, 3.8) is 0 Å². The Bertz CT molecular complexity index is 620. The lowest BCUT2D eigenvalue weighted by Crippen LogP contribution is -2.41. The van der Waals surface area contributed by atoms with Gasteiger partial charge in [0.25, 0.3) is 5.91 Å². The van der Waals surface area contributed by atoms with Crippen LogP contribution < -0.4 is 21.1 Å². The van der Waals surface area contributed by atoms with Gasteiger partial charge in [-0.2, -0.15) is 0 Å². The van der Waals surface area contributed by atoms with Gasteiger partial charge in [-0.25, -0.2) is 0 Å². The lowest BCUT2D eigenvalue weighted by molar-refractivity contribution is -0.119. The molecule has 1 amide bonds. The third-order valence-corrected chi connectivity index (χ3v) is 4.82. The number of benzene rings is 1. The Kier molecular flexibility index (Phi) is 8.91. The van der Waals surface area contributed by atoms with E-state index in [1.54, 1.807) is 13.1 Å². The molecule has 0 spiro atoms. The van der Waals surface area contributed by atoms with E-state index in [2.05, 4.69) is 27.4 Å². The minimum atomic E-state index is -0.484. The summed E-state index contributed by atoms with van der Waals surface area (Å²) in [5.74, 6) is 0.930. The largest absolute Gasteiger partial charge is 0.484 e. The first-order valence-electron chi connectivity index (χ1n) is 9.77. The summed E-state index contributed by atoms with van der Waals surface area (Å²) in [5, 5.41) is 6.67. The lowest BCUT2D eigenvalue weighted by Gasteiger charge is -2.33. The molecule has 1 aliphatic rings. The first-order valence-corrected chi connectivity index (χ1v) is 9.77. The summed E-state index contributed by atoms with van der Waals surface area (Å²) in [4.78, 5) is 17.7. The maximum absolute atomic E-state index is 10.8. The van der Waals surface area contributed by atoms with Crippen LogP contribution in [-0.2, 0) is 11.3 Å². The lowest BCUT2D eigenvalue weighted by atomic mass is 10.0. The van der Waals surface area contributed by atoms with Crippen molar-refractivity contribution in [1.82, 2.24) is 15.5 Å². The minimum Gasteiger partial charge on any atom is -0.484 e. The summed E-state index contributed by atoms with van der Waals surface area (Å²) in [6.07, 6.45) is 5.10. The Morgan fingerprint density at radius 3 is 2.96 bits per heavy atom. The number of carbonyl (C=O) groups is 1. The fourth-order valence-electron chi connectivity index (χ4n) is 3.28. The van der Waals surface area contributed by atoms with Crippen LogP contribution in [0.1, 0.15) is 38.2 Å². The molecule has 0 saturated carbocycles. The fourth-order valence-corrected chi connectivity index (χ4v) is 3.28. The summed E-state index contributed by atoms with van der Waals surface area (Å²) in [6, 6.07) is 8.29. The van der Waals surface area contributed by atoms with E-state index in [0.717, 1.165) is 31.0 Å². The topological polar surface area (TPSA) is 92.0 Å². The number of piperidine rings is 1. The van der Waals surface area contributed by atoms with E-state index >= 15 is 0 Å². The number of guanidine groups is 1. The van der Waals surface area contributed by atoms with E-state index in [-0.39, 0.29) is 6.61 Å². The normalized spacial score (nSPS) is 18.1. The average Bonchev–Trinajstić information content (AvgIpc) is 2.67. The Labute approximate surface area is 162 Å². The van der Waals surface area contributed by atoms with Crippen LogP contribution in [0.5, 0.6) is 5.75 Å². The second-order valence-corrected chi connectivity index (χ2v) is 6.99. The van der Waals surface area contributed by atoms with Crippen LogP contribution in [0.2, 0.25) is 0 Å². The number of ether oxygens (including phenoxy) is 1. The molecule has 1 atom stereocenters. The molecule has 1 aromatic rings. The Morgan fingerprint density at radius 1 is 1.37 bits per heavy atom. The Balaban J connectivity index is 1.69. The number of nitrogens with zero attached hydrogens (tertiary/aromatic N) is 2. The van der Waals surface area contributed by atoms with Gasteiger partial charge in [0.05, 0.1) is 0 Å². The monoisotopic (exact) mass is 375 g/mol. The number of nitrogens with one attached hydrogen (secondary N) is 2. The second kappa shape index (κ2) is 11.4. The number of primary amides is 1. The molecule has 7 heteroatoms. The van der Waals surface area contributed by atoms with Crippen molar-refractivity contribution >= 4 is 11.9 Å². The van der Waals surface area contributed by atoms with Crippen molar-refractivity contribution in [1.29, 1.82) is 0 Å². The number of carbonyl (C=O) groups excluding carboxylic acids is 1. The number of likely N-dealkylation sites (tertiary alicyclic amines) is 1. The first-order chi connectivity index (χ1) is 13.1. The molecule has 1 saturated heterocycles. The third kappa shape index (κ3) is 7.86. The van der Waals surface area contributed by atoms with Crippen molar-refractivity contribution in [2.75, 3.05) is 33.3 Å². The zero-order chi connectivity index (χ0) is 19.5. The van der Waals surface area contributed by atoms with Crippen LogP contribution >= 0.6 is 0 Å². The molecule has 1 aromatic carbocycles. The maximum atomic E-state index is 10.8. The van der Waals surface area contributed by atoms with Crippen LogP contribution in [0, 0.1) is 0 Å². The summed E-state index contributed by atoms with van der Waals surface area (Å²) in [5.41, 5.74) is 6.15. The van der Waals surface area contributed by atoms with Crippen LogP contribution in [-0.4, -0.2) is 56.1 Å². The maximum Gasteiger partial charge on any atom is 0.255 e. The van der Waals surface area contributed by atoms with Gasteiger partial charge in [-0.15, -0.1) is 0 Å². The molecular formula is C20H33N5O2. The SMILES string of the molecule is CN=C(NCCCN1CCCCC1C)NCc1cccc(OCC(N)=O)c1. The summed E-state index contributed by atoms with van der Waals surface area (Å²) >= 11 is 0. The summed E-state index contributed by atoms with van der Waals surface area (Å²) < 4.78 is 5.33. The standard InChI is InChI=1S/C20H33N5O2/c1-16-7-3-4-11-25(16)12-6-10-23-20(22-2)24-14-17-8-5-9-18(13-17)27-15-19(21)26/h5,8-9,13,16H,3-4,6-7,10-12,14-15H2,1-2H3,(H2,21,26)(H2,22,23,24). The molecule has 1 unspecified atom stereocenters. The van der Waals surface area contributed by atoms with Crippen LogP contribution in [0.3, 0.4) is 0 Å². The Hall–Kier alpha value is -2.28. The number of amides is 1. The molecule has 4 N–H and O–H groups in total. The highest BCUT2D eigenvalue weighted by atomic mass is 16.5. The van der Waals surface area contributed by atoms with Gasteiger partial charge < -0.3 is 26.0 Å². The van der Waals surface area contributed by atoms with E-state index in [1.165, 1.54) is 25.8 Å². The zero-order valence-corrected chi connectivity index (χ0v) is 16.5. The number of aliphatic imine (C=N–C) groups is 1. The van der Waals surface area contributed by atoms with E-state index in [0.29, 0.717) is 18.3 Å². The van der Waals surface area contributed by atoms with E-state index < -0.39 is 5.91 Å². The predicted octanol–water partition coefficient (Wildman–Crippen LogP) is 1.48. The summed E-state index contributed by atoms with van der Waals surface area (Å²) in [6.45, 7) is 6.08. The van der Waals surface area contributed by atoms with E-state index in [4.69, 9.17) is 10.5 Å². The highest BCUT2D eigenvalue weighted by molar-refractivity contribution is 5.79. The van der Waals surface area contributed by atoms with Crippen LogP contribution in [0.25, 0.3) is 0 Å². The van der Waals surface area contributed by atoms with E-state index in [1.807, 2.05) is 18.2 Å². The van der Waals surface area contributed by atoms with Crippen molar-refractivity contribution in [2.45, 2.75) is 45.2 Å². The van der Waals surface area contributed by atoms with Crippen molar-refractivity contribution in [3.8, 4) is 5.75 Å². The van der Waals surface area contributed by atoms with Gasteiger partial charge in [-0.05, 0) is 50.4 Å². The minimum absolute atomic E-state index is 0.115. The molecule has 150 valence electrons. The predicted molar refractivity (Wildman–Crippen MR) is 109 cm³/mol. The smallest absolute Gasteiger partial charge is 0.255 e. The molecule has 0 bridgehead atoms. The van der Waals surface area contributed by atoms with Gasteiger partial charge in [0, 0.05) is 32.7 Å². The summed E-state index contributed by atoms with van der Waals surface area (Å²) in [7, 11) is 1.77. The van der Waals surface area contributed by atoms with Gasteiger partial charge in [-0.1, -0.05) is 18.6 Å². The molecule has 1 heterocycles. The Morgan fingerprint density at radius 2 is 2.22 bits per heavy atom. The molecule has 1 aliphatic heterocycles. The second-order valence-electron chi connectivity index (χ2n) is 6.99. The quantitative estimate of drug-likeness (QED) is 0.345. The molecule has 7 nitrogen and oxygen atoms in total. The fraction of sp³-hybridized carbons (Fsp3) is 0.600. The number of hydrogen-bond donors (Lipinski definition) is 3. The van der Waals surface area contributed by atoms with Crippen LogP contribution in [0.4, 0.5) is 0 Å². The number of nitrogens with two attached hydrogens (primary N) is 1. The molecule has 0 aliphatic carbocycles. The third-order valence-electron chi connectivity index (χ3n) is 4.82. The van der Waals surface area contributed by atoms with Crippen molar-refractivity contribution in [2.24, 2.45) is 10.7 Å². The van der Waals surface area contributed by atoms with Crippen molar-refractivity contribution in [3.05, 3.63) is 29.8 Å². The molecule has 2 rings (SSSR count). The van der Waals surface area contributed by atoms with Gasteiger partial charge in [-0.3, -0.25) is 9.79 Å². The first kappa shape index (κ1) is 21.0. The van der Waals surface area contributed by atoms with Crippen molar-refractivity contribution < 1.29 is 9.53 Å². The molecule has 1 fully saturated rings. The molecule has 0 aromatic heterocycles. The molecule has 27 heavy (non-hydrogen) atoms. The van der Waals surface area contributed by atoms with Gasteiger partial charge >= 0.3 is 0 Å². The van der Waals surface area contributed by atoms with Gasteiger partial charge in [0.1, 0.15) is 5.75 Å². The average molecular weight is 376 g/mol. The zero-order valence-electron chi connectivity index (χ0n) is 16.5. The van der Waals surface area contributed by atoms with Crippen LogP contribution in [0.15, 0.2) is 29.3 Å². The highest BCUT2D eigenvalue weighted by Crippen LogP contribution is 2.16. The highest BCUT2D eigenvalue weighted by Gasteiger charge is 2.17. The number of hydrogen-bond acceptors (Lipinski definition) is 4. The van der Waals surface area contributed by atoms with Gasteiger partial charge in [0.2, 0.25) is 0 Å². The molecular weight excluding hydrogens is 342 g/mol. The molecule has 0 radical (unpaired) electrons.